The molecule has 2 amide bonds. The quantitative estimate of drug-likeness (QED) is 0.439. The molecule has 0 bridgehead atoms. The van der Waals surface area contributed by atoms with Crippen molar-refractivity contribution in [3.8, 4) is 5.75 Å². The number of rotatable bonds is 8. The maximum Gasteiger partial charge on any atom is 0.322 e. The highest BCUT2D eigenvalue weighted by Gasteiger charge is 2.16. The molecule has 6 nitrogen and oxygen atoms in total. The third-order valence-electron chi connectivity index (χ3n) is 4.54. The Balaban J connectivity index is 1.77. The van der Waals surface area contributed by atoms with Crippen molar-refractivity contribution >= 4 is 33.4 Å². The van der Waals surface area contributed by atoms with E-state index in [2.05, 4.69) is 5.32 Å². The van der Waals surface area contributed by atoms with Crippen LogP contribution in [0.3, 0.4) is 0 Å². The fourth-order valence-corrected chi connectivity index (χ4v) is 3.47. The van der Waals surface area contributed by atoms with Crippen molar-refractivity contribution < 1.29 is 21.8 Å². The van der Waals surface area contributed by atoms with Gasteiger partial charge in [-0.15, -0.1) is 0 Å². The van der Waals surface area contributed by atoms with Gasteiger partial charge in [-0.25, -0.2) is 9.18 Å². The highest BCUT2D eigenvalue weighted by molar-refractivity contribution is 7.87. The van der Waals surface area contributed by atoms with E-state index in [-0.39, 0.29) is 36.4 Å². The molecule has 0 aromatic heterocycles. The van der Waals surface area contributed by atoms with Gasteiger partial charge < -0.3 is 14.4 Å². The van der Waals surface area contributed by atoms with Crippen LogP contribution in [0.25, 0.3) is 0 Å². The molecular formula is C23H22ClFN2O4S. The number of anilines is 1. The van der Waals surface area contributed by atoms with Crippen LogP contribution in [0, 0.1) is 5.82 Å². The lowest BCUT2D eigenvalue weighted by Gasteiger charge is -2.24. The lowest BCUT2D eigenvalue weighted by Crippen LogP contribution is -2.34. The van der Waals surface area contributed by atoms with E-state index in [0.29, 0.717) is 10.7 Å². The van der Waals surface area contributed by atoms with Gasteiger partial charge in [0.2, 0.25) is 0 Å². The van der Waals surface area contributed by atoms with Crippen molar-refractivity contribution in [3.05, 3.63) is 94.8 Å². The molecule has 9 heteroatoms. The SMILES string of the molecule is CCS(=O)(=O)Oc1ccc(CN(Cc2ccc(F)cc2)C(=O)Nc2ccc(Cl)cc2)cc1. The first-order valence-corrected chi connectivity index (χ1v) is 11.8. The van der Waals surface area contributed by atoms with Crippen molar-refractivity contribution in [2.45, 2.75) is 20.0 Å². The van der Waals surface area contributed by atoms with Crippen molar-refractivity contribution in [1.29, 1.82) is 0 Å². The molecule has 0 radical (unpaired) electrons. The summed E-state index contributed by atoms with van der Waals surface area (Å²) in [5.41, 5.74) is 2.10. The van der Waals surface area contributed by atoms with Crippen LogP contribution < -0.4 is 9.50 Å². The molecule has 168 valence electrons. The predicted octanol–water partition coefficient (Wildman–Crippen LogP) is 5.44. The van der Waals surface area contributed by atoms with Crippen LogP contribution in [0.2, 0.25) is 5.02 Å². The molecule has 0 aliphatic rings. The first-order valence-electron chi connectivity index (χ1n) is 9.81. The minimum absolute atomic E-state index is 0.134. The zero-order valence-corrected chi connectivity index (χ0v) is 18.9. The van der Waals surface area contributed by atoms with Crippen LogP contribution in [0.15, 0.2) is 72.8 Å². The van der Waals surface area contributed by atoms with E-state index in [4.69, 9.17) is 15.8 Å². The Morgan fingerprint density at radius 3 is 2.00 bits per heavy atom. The summed E-state index contributed by atoms with van der Waals surface area (Å²) in [4.78, 5) is 14.5. The molecular weight excluding hydrogens is 455 g/mol. The smallest absolute Gasteiger partial charge is 0.322 e. The van der Waals surface area contributed by atoms with Crippen molar-refractivity contribution in [2.24, 2.45) is 0 Å². The van der Waals surface area contributed by atoms with Gasteiger partial charge >= 0.3 is 16.1 Å². The molecule has 0 spiro atoms. The number of nitrogens with one attached hydrogen (secondary N) is 1. The summed E-state index contributed by atoms with van der Waals surface area (Å²) in [7, 11) is -3.62. The average Bonchev–Trinajstić information content (AvgIpc) is 2.77. The Labute approximate surface area is 191 Å². The zero-order valence-electron chi connectivity index (χ0n) is 17.3. The Morgan fingerprint density at radius 1 is 0.938 bits per heavy atom. The maximum atomic E-state index is 13.3. The van der Waals surface area contributed by atoms with E-state index in [1.807, 2.05) is 0 Å². The fourth-order valence-electron chi connectivity index (χ4n) is 2.82. The molecule has 0 fully saturated rings. The largest absolute Gasteiger partial charge is 0.382 e. The number of carbonyl (C=O) groups excluding carboxylic acids is 1. The number of halogens is 2. The number of amides is 2. The van der Waals surface area contributed by atoms with Crippen LogP contribution in [0.5, 0.6) is 5.75 Å². The van der Waals surface area contributed by atoms with Crippen LogP contribution in [-0.4, -0.2) is 25.1 Å². The second-order valence-electron chi connectivity index (χ2n) is 6.99. The molecule has 3 rings (SSSR count). The van der Waals surface area contributed by atoms with Crippen molar-refractivity contribution in [3.63, 3.8) is 0 Å². The zero-order chi connectivity index (χ0) is 23.1. The summed E-state index contributed by atoms with van der Waals surface area (Å²) in [6.45, 7) is 1.97. The Morgan fingerprint density at radius 2 is 1.47 bits per heavy atom. The first-order chi connectivity index (χ1) is 15.2. The van der Waals surface area contributed by atoms with E-state index >= 15 is 0 Å². The Kier molecular flexibility index (Phi) is 7.71. The summed E-state index contributed by atoms with van der Waals surface area (Å²) >= 11 is 5.90. The second-order valence-corrected chi connectivity index (χ2v) is 9.29. The summed E-state index contributed by atoms with van der Waals surface area (Å²) in [6.07, 6.45) is 0. The van der Waals surface area contributed by atoms with Crippen molar-refractivity contribution in [1.82, 2.24) is 4.90 Å². The minimum atomic E-state index is -3.62. The van der Waals surface area contributed by atoms with Gasteiger partial charge in [0.1, 0.15) is 11.6 Å². The number of carbonyl (C=O) groups is 1. The molecule has 0 saturated carbocycles. The van der Waals surface area contributed by atoms with E-state index in [1.54, 1.807) is 53.4 Å². The topological polar surface area (TPSA) is 75.7 Å². The number of benzene rings is 3. The Hall–Kier alpha value is -3.10. The van der Waals surface area contributed by atoms with E-state index < -0.39 is 10.1 Å². The van der Waals surface area contributed by atoms with E-state index in [0.717, 1.165) is 11.1 Å². The molecule has 0 heterocycles. The van der Waals surface area contributed by atoms with Gasteiger partial charge in [-0.05, 0) is 66.6 Å². The lowest BCUT2D eigenvalue weighted by molar-refractivity contribution is 0.206. The normalized spacial score (nSPS) is 11.1. The molecule has 0 aliphatic carbocycles. The molecule has 0 atom stereocenters. The van der Waals surface area contributed by atoms with Gasteiger partial charge in [0, 0.05) is 23.8 Å². The monoisotopic (exact) mass is 476 g/mol. The number of urea groups is 1. The molecule has 3 aromatic carbocycles. The summed E-state index contributed by atoms with van der Waals surface area (Å²) < 4.78 is 41.5. The molecule has 32 heavy (non-hydrogen) atoms. The maximum absolute atomic E-state index is 13.3. The molecule has 3 aromatic rings. The van der Waals surface area contributed by atoms with Crippen LogP contribution in [0.4, 0.5) is 14.9 Å². The lowest BCUT2D eigenvalue weighted by atomic mass is 10.1. The molecule has 0 saturated heterocycles. The molecule has 0 aliphatic heterocycles. The van der Waals surface area contributed by atoms with Crippen LogP contribution in [-0.2, 0) is 23.2 Å². The summed E-state index contributed by atoms with van der Waals surface area (Å²) in [5, 5.41) is 3.38. The van der Waals surface area contributed by atoms with Crippen LogP contribution in [0.1, 0.15) is 18.1 Å². The van der Waals surface area contributed by atoms with Gasteiger partial charge in [-0.1, -0.05) is 35.9 Å². The van der Waals surface area contributed by atoms with Gasteiger partial charge in [0.15, 0.2) is 0 Å². The first kappa shape index (κ1) is 23.6. The number of hydrogen-bond acceptors (Lipinski definition) is 4. The second kappa shape index (κ2) is 10.5. The third kappa shape index (κ3) is 6.96. The highest BCUT2D eigenvalue weighted by Crippen LogP contribution is 2.19. The van der Waals surface area contributed by atoms with Crippen molar-refractivity contribution in [2.75, 3.05) is 11.1 Å². The standard InChI is InChI=1S/C23H22ClFN2O4S/c1-2-32(29,30)31-22-13-5-18(6-14-22)16-27(15-17-3-9-20(25)10-4-17)23(28)26-21-11-7-19(24)8-12-21/h3-14H,2,15-16H2,1H3,(H,26,28). The molecule has 1 N–H and O–H groups in total. The summed E-state index contributed by atoms with van der Waals surface area (Å²) in [5.74, 6) is -0.291. The number of hydrogen-bond donors (Lipinski definition) is 1. The number of nitrogens with zero attached hydrogens (tertiary/aromatic N) is 1. The van der Waals surface area contributed by atoms with E-state index in [1.165, 1.54) is 31.2 Å². The third-order valence-corrected chi connectivity index (χ3v) is 5.95. The van der Waals surface area contributed by atoms with Gasteiger partial charge in [-0.3, -0.25) is 0 Å². The van der Waals surface area contributed by atoms with E-state index in [9.17, 15) is 17.6 Å². The Bertz CT molecular complexity index is 1150. The highest BCUT2D eigenvalue weighted by atomic mass is 35.5. The van der Waals surface area contributed by atoms with Crippen LogP contribution >= 0.6 is 11.6 Å². The van der Waals surface area contributed by atoms with Gasteiger partial charge in [-0.2, -0.15) is 8.42 Å². The van der Waals surface area contributed by atoms with Gasteiger partial charge in [0.25, 0.3) is 0 Å². The molecule has 0 unspecified atom stereocenters. The predicted molar refractivity (Wildman–Crippen MR) is 123 cm³/mol. The summed E-state index contributed by atoms with van der Waals surface area (Å²) in [6, 6.07) is 18.7. The van der Waals surface area contributed by atoms with Gasteiger partial charge in [0.05, 0.1) is 5.75 Å². The average molecular weight is 477 g/mol. The minimum Gasteiger partial charge on any atom is -0.382 e. The fraction of sp³-hybridized carbons (Fsp3) is 0.174.